The van der Waals surface area contributed by atoms with Crippen LogP contribution in [0, 0.1) is 12.3 Å². The number of hydrogen-bond acceptors (Lipinski definition) is 18. The molecule has 8 heterocycles. The number of pyridine rings is 1. The second kappa shape index (κ2) is 22.6. The van der Waals surface area contributed by atoms with Gasteiger partial charge in [-0.1, -0.05) is 45.0 Å². The highest BCUT2D eigenvalue weighted by atomic mass is 32.1. The molecule has 2 fully saturated rings. The molecule has 0 spiro atoms. The molecule has 1 aromatic carbocycles. The Hall–Kier alpha value is -7.83. The van der Waals surface area contributed by atoms with Gasteiger partial charge < -0.3 is 49.5 Å². The predicted molar refractivity (Wildman–Crippen MR) is 282 cm³/mol. The number of fused-ring (bicyclic) bond motifs is 2. The first-order chi connectivity index (χ1) is 36.4. The number of piperazine rings is 1. The molecular formula is C52H62N14O9S. The second-order valence-corrected chi connectivity index (χ2v) is 21.3. The lowest BCUT2D eigenvalue weighted by Crippen LogP contribution is -2.58. The number of nitrogens with zero attached hydrogens (tertiary/aromatic N) is 11. The highest BCUT2D eigenvalue weighted by molar-refractivity contribution is 7.13. The van der Waals surface area contributed by atoms with Gasteiger partial charge in [-0.15, -0.1) is 11.3 Å². The number of hydrogen-bond donors (Lipinski definition) is 4. The lowest BCUT2D eigenvalue weighted by atomic mass is 9.85. The summed E-state index contributed by atoms with van der Waals surface area (Å²) in [6.45, 7) is 15.1. The summed E-state index contributed by atoms with van der Waals surface area (Å²) in [7, 11) is 0. The van der Waals surface area contributed by atoms with E-state index < -0.39 is 54.0 Å². The fraction of sp³-hybridized carbons (Fsp3) is 0.442. The fourth-order valence-corrected chi connectivity index (χ4v) is 10.1. The third kappa shape index (κ3) is 12.3. The van der Waals surface area contributed by atoms with E-state index in [1.807, 2.05) is 63.8 Å². The van der Waals surface area contributed by atoms with Gasteiger partial charge in [0.15, 0.2) is 23.8 Å². The van der Waals surface area contributed by atoms with Gasteiger partial charge in [-0.25, -0.2) is 29.7 Å². The van der Waals surface area contributed by atoms with Gasteiger partial charge in [-0.3, -0.25) is 34.0 Å². The summed E-state index contributed by atoms with van der Waals surface area (Å²) in [5.41, 5.74) is 6.14. The van der Waals surface area contributed by atoms with Gasteiger partial charge in [0.05, 0.1) is 71.9 Å². The predicted octanol–water partition coefficient (Wildman–Crippen LogP) is 4.09. The van der Waals surface area contributed by atoms with E-state index in [4.69, 9.17) is 14.2 Å². The number of amides is 5. The van der Waals surface area contributed by atoms with Gasteiger partial charge in [0.1, 0.15) is 24.4 Å². The average Bonchev–Trinajstić information content (AvgIpc) is 4.13. The highest BCUT2D eigenvalue weighted by Crippen LogP contribution is 2.34. The Labute approximate surface area is 443 Å². The molecule has 24 heteroatoms. The molecule has 0 saturated carbocycles. The first-order valence-corrected chi connectivity index (χ1v) is 26.0. The number of aryl methyl sites for hydroxylation is 1. The maximum Gasteiger partial charge on any atom is 0.414 e. The molecule has 3 aliphatic rings. The summed E-state index contributed by atoms with van der Waals surface area (Å²) in [6, 6.07) is 7.62. The minimum absolute atomic E-state index is 0.0381. The van der Waals surface area contributed by atoms with Crippen molar-refractivity contribution in [3.63, 3.8) is 0 Å². The number of β-amino-alcohol motifs (C(OH)–C–C–N with tert-alkyl or cyclic N) is 1. The van der Waals surface area contributed by atoms with Crippen molar-refractivity contribution in [3.05, 3.63) is 84.3 Å². The first-order valence-electron chi connectivity index (χ1n) is 25.1. The van der Waals surface area contributed by atoms with E-state index in [1.165, 1.54) is 22.2 Å². The average molecular weight is 1060 g/mol. The van der Waals surface area contributed by atoms with Crippen LogP contribution in [0.25, 0.3) is 27.3 Å². The maximum absolute atomic E-state index is 14.1. The van der Waals surface area contributed by atoms with Crippen molar-refractivity contribution >= 4 is 64.2 Å². The van der Waals surface area contributed by atoms with E-state index in [0.29, 0.717) is 73.0 Å². The molecule has 23 nitrogen and oxygen atoms in total. The van der Waals surface area contributed by atoms with Crippen LogP contribution in [0.1, 0.15) is 59.2 Å². The molecule has 2 saturated heterocycles. The number of rotatable bonds is 15. The van der Waals surface area contributed by atoms with E-state index in [9.17, 15) is 29.1 Å². The smallest absolute Gasteiger partial charge is 0.414 e. The van der Waals surface area contributed by atoms with E-state index in [2.05, 4.69) is 50.8 Å². The standard InChI is InChI=1S/C52H62N14O9S/c1-30(2)75-51(72)65-14-15-73-48-40(65)16-35(19-55-48)38-25-64-26-41(59-42(64)22-53-38)60-43(68)27-62-12-13-63(23-31(62)3)50-56-20-37(21-57-50)74-28-44(69)61-46(52(5,6)7)49(71)66-24-36(67)17-39(66)47(70)54-18-33-8-10-34(11-9-33)45-32(4)58-29-76-45/h8-11,16,19-22,25-26,29-31,36,39,46,67H,12-15,17-18,23-24,27-28H2,1-7H3,(H,54,70)(H,60,68)(H,61,69)/t31-,36-,39+,46-/m1/s1. The van der Waals surface area contributed by atoms with Gasteiger partial charge in [0, 0.05) is 63.1 Å². The molecule has 4 N–H and O–H groups in total. The Kier molecular flexibility index (Phi) is 15.7. The largest absolute Gasteiger partial charge is 0.481 e. The summed E-state index contributed by atoms with van der Waals surface area (Å²) in [5.74, 6) is -0.279. The first kappa shape index (κ1) is 53.0. The third-order valence-corrected chi connectivity index (χ3v) is 14.2. The molecule has 400 valence electrons. The zero-order valence-corrected chi connectivity index (χ0v) is 44.2. The van der Waals surface area contributed by atoms with E-state index in [0.717, 1.165) is 21.7 Å². The van der Waals surface area contributed by atoms with Crippen molar-refractivity contribution in [2.24, 2.45) is 5.41 Å². The summed E-state index contributed by atoms with van der Waals surface area (Å²) in [6.07, 6.45) is 8.03. The number of aromatic nitrogens is 7. The van der Waals surface area contributed by atoms with Crippen LogP contribution in [0.15, 0.2) is 73.0 Å². The maximum atomic E-state index is 14.1. The Morgan fingerprint density at radius 1 is 0.921 bits per heavy atom. The number of nitrogens with one attached hydrogen (secondary N) is 3. The molecule has 6 aromatic rings. The summed E-state index contributed by atoms with van der Waals surface area (Å²) >= 11 is 1.56. The monoisotopic (exact) mass is 1060 g/mol. The van der Waals surface area contributed by atoms with Crippen molar-refractivity contribution in [2.75, 3.05) is 67.6 Å². The van der Waals surface area contributed by atoms with Crippen LogP contribution in [-0.2, 0) is 30.5 Å². The fourth-order valence-electron chi connectivity index (χ4n) is 9.26. The van der Waals surface area contributed by atoms with Crippen LogP contribution in [0.3, 0.4) is 0 Å². The summed E-state index contributed by atoms with van der Waals surface area (Å²) < 4.78 is 18.6. The number of aliphatic hydroxyl groups excluding tert-OH is 1. The molecule has 5 aromatic heterocycles. The van der Waals surface area contributed by atoms with Crippen LogP contribution in [0.5, 0.6) is 11.6 Å². The van der Waals surface area contributed by atoms with Gasteiger partial charge >= 0.3 is 6.09 Å². The van der Waals surface area contributed by atoms with Gasteiger partial charge in [-0.2, -0.15) is 0 Å². The van der Waals surface area contributed by atoms with Crippen molar-refractivity contribution < 1.29 is 43.3 Å². The minimum atomic E-state index is -1.03. The number of likely N-dealkylation sites (tertiary alicyclic amines) is 1. The number of carbonyl (C=O) groups is 5. The van der Waals surface area contributed by atoms with Crippen LogP contribution < -0.4 is 35.2 Å². The molecule has 0 bridgehead atoms. The van der Waals surface area contributed by atoms with Crippen LogP contribution in [-0.4, -0.2) is 162 Å². The molecule has 4 atom stereocenters. The number of carbonyl (C=O) groups excluding carboxylic acids is 5. The number of aliphatic hydroxyl groups is 1. The summed E-state index contributed by atoms with van der Waals surface area (Å²) in [4.78, 5) is 102. The molecule has 3 aliphatic heterocycles. The number of anilines is 3. The number of ether oxygens (including phenoxy) is 3. The van der Waals surface area contributed by atoms with Crippen LogP contribution in [0.2, 0.25) is 0 Å². The van der Waals surface area contributed by atoms with E-state index >= 15 is 0 Å². The Bertz CT molecular complexity index is 3090. The zero-order chi connectivity index (χ0) is 53.8. The highest BCUT2D eigenvalue weighted by Gasteiger charge is 2.44. The lowest BCUT2D eigenvalue weighted by molar-refractivity contribution is -0.144. The molecule has 0 radical (unpaired) electrons. The van der Waals surface area contributed by atoms with Gasteiger partial charge in [-0.05, 0) is 50.3 Å². The molecule has 0 aliphatic carbocycles. The Morgan fingerprint density at radius 3 is 2.41 bits per heavy atom. The molecule has 0 unspecified atom stereocenters. The van der Waals surface area contributed by atoms with E-state index in [1.54, 1.807) is 65.9 Å². The van der Waals surface area contributed by atoms with Gasteiger partial charge in [0.25, 0.3) is 5.91 Å². The quantitative estimate of drug-likeness (QED) is 0.113. The molecule has 5 amide bonds. The Morgan fingerprint density at radius 2 is 1.70 bits per heavy atom. The van der Waals surface area contributed by atoms with Crippen molar-refractivity contribution in [1.29, 1.82) is 0 Å². The summed E-state index contributed by atoms with van der Waals surface area (Å²) in [5, 5.41) is 19.3. The zero-order valence-electron chi connectivity index (χ0n) is 43.4. The SMILES string of the molecule is Cc1ncsc1-c1ccc(CNC(=O)[C@@H]2C[C@@H](O)CN2C(=O)[C@@H](NC(=O)COc2cnc(N3CCN(CC(=O)Nc4cn5cc(-c6cnc7c(c6)N(C(=O)OC(C)C)CCO7)ncc5n4)[C@H](C)C3)nc2)C(C)(C)C)cc1. The van der Waals surface area contributed by atoms with Gasteiger partial charge in [0.2, 0.25) is 29.5 Å². The molecule has 76 heavy (non-hydrogen) atoms. The lowest BCUT2D eigenvalue weighted by Gasteiger charge is -2.39. The number of thiazole rings is 1. The van der Waals surface area contributed by atoms with Crippen LogP contribution in [0.4, 0.5) is 22.2 Å². The number of imidazole rings is 1. The van der Waals surface area contributed by atoms with E-state index in [-0.39, 0.29) is 49.9 Å². The Balaban J connectivity index is 0.731. The third-order valence-electron chi connectivity index (χ3n) is 13.2. The minimum Gasteiger partial charge on any atom is -0.481 e. The van der Waals surface area contributed by atoms with Crippen molar-refractivity contribution in [1.82, 2.24) is 54.7 Å². The van der Waals surface area contributed by atoms with Crippen molar-refractivity contribution in [2.45, 2.75) is 91.8 Å². The number of benzene rings is 1. The second-order valence-electron chi connectivity index (χ2n) is 20.4. The normalized spacial score (nSPS) is 18.2. The van der Waals surface area contributed by atoms with Crippen molar-refractivity contribution in [3.8, 4) is 33.3 Å². The molecule has 9 rings (SSSR count). The van der Waals surface area contributed by atoms with Crippen LogP contribution >= 0.6 is 11.3 Å². The molecular weight excluding hydrogens is 997 g/mol. The topological polar surface area (TPSA) is 264 Å².